The second-order valence-corrected chi connectivity index (χ2v) is 4.05. The third-order valence-electron chi connectivity index (χ3n) is 2.77. The molecule has 1 aromatic carbocycles. The third-order valence-corrected chi connectivity index (χ3v) is 2.77. The number of likely N-dealkylation sites (N-methyl/N-ethyl adjacent to an activating group) is 1. The minimum absolute atomic E-state index is 0. The van der Waals surface area contributed by atoms with E-state index < -0.39 is 17.6 Å². The van der Waals surface area contributed by atoms with Crippen LogP contribution < -0.4 is 5.32 Å². The maximum atomic E-state index is 12.7. The molecule has 3 nitrogen and oxygen atoms in total. The van der Waals surface area contributed by atoms with Gasteiger partial charge in [-0.3, -0.25) is 9.69 Å². The van der Waals surface area contributed by atoms with E-state index >= 15 is 0 Å². The minimum atomic E-state index is -4.47. The van der Waals surface area contributed by atoms with Crippen LogP contribution in [0.3, 0.4) is 0 Å². The highest BCUT2D eigenvalue weighted by Gasteiger charge is 2.33. The van der Waals surface area contributed by atoms with E-state index in [0.29, 0.717) is 13.1 Å². The molecule has 0 saturated carbocycles. The van der Waals surface area contributed by atoms with Crippen LogP contribution in [0.15, 0.2) is 24.3 Å². The fourth-order valence-corrected chi connectivity index (χ4v) is 1.68. The molecule has 0 saturated heterocycles. The van der Waals surface area contributed by atoms with E-state index in [2.05, 4.69) is 5.32 Å². The molecule has 0 aromatic heterocycles. The fourth-order valence-electron chi connectivity index (χ4n) is 1.68. The van der Waals surface area contributed by atoms with Gasteiger partial charge in [-0.05, 0) is 25.2 Å². The number of rotatable bonds is 5. The summed E-state index contributed by atoms with van der Waals surface area (Å²) >= 11 is 0. The summed E-state index contributed by atoms with van der Waals surface area (Å²) in [6.45, 7) is 5.20. The van der Waals surface area contributed by atoms with Gasteiger partial charge in [0.1, 0.15) is 0 Å². The molecule has 0 aliphatic carbocycles. The zero-order valence-corrected chi connectivity index (χ0v) is 12.1. The van der Waals surface area contributed by atoms with Gasteiger partial charge in [0.05, 0.1) is 17.8 Å². The number of nitrogens with zero attached hydrogens (tertiary/aromatic N) is 1. The summed E-state index contributed by atoms with van der Waals surface area (Å²) in [5, 5.41) is 2.32. The third kappa shape index (κ3) is 5.38. The van der Waals surface area contributed by atoms with Crippen LogP contribution in [0.1, 0.15) is 19.4 Å². The van der Waals surface area contributed by atoms with Gasteiger partial charge in [-0.15, -0.1) is 12.4 Å². The van der Waals surface area contributed by atoms with Crippen LogP contribution in [-0.4, -0.2) is 30.4 Å². The lowest BCUT2D eigenvalue weighted by Gasteiger charge is -2.18. The van der Waals surface area contributed by atoms with E-state index in [0.717, 1.165) is 6.07 Å². The number of alkyl halides is 3. The average molecular weight is 311 g/mol. The second-order valence-electron chi connectivity index (χ2n) is 4.05. The van der Waals surface area contributed by atoms with Crippen LogP contribution in [0, 0.1) is 0 Å². The molecule has 0 aliphatic rings. The molecule has 0 radical (unpaired) electrons. The van der Waals surface area contributed by atoms with Crippen LogP contribution in [0.25, 0.3) is 0 Å². The molecule has 1 N–H and O–H groups in total. The predicted molar refractivity (Wildman–Crippen MR) is 75.1 cm³/mol. The molecule has 20 heavy (non-hydrogen) atoms. The van der Waals surface area contributed by atoms with Gasteiger partial charge >= 0.3 is 6.18 Å². The Kier molecular flexibility index (Phi) is 7.60. The molecule has 1 rings (SSSR count). The minimum Gasteiger partial charge on any atom is -0.324 e. The maximum absolute atomic E-state index is 12.7. The summed E-state index contributed by atoms with van der Waals surface area (Å²) in [6.07, 6.45) is -4.47. The summed E-state index contributed by atoms with van der Waals surface area (Å²) < 4.78 is 38.2. The lowest BCUT2D eigenvalue weighted by atomic mass is 10.1. The smallest absolute Gasteiger partial charge is 0.324 e. The highest BCUT2D eigenvalue weighted by atomic mass is 35.5. The largest absolute Gasteiger partial charge is 0.418 e. The molecule has 0 heterocycles. The van der Waals surface area contributed by atoms with Gasteiger partial charge in [0.2, 0.25) is 5.91 Å². The first-order valence-electron chi connectivity index (χ1n) is 6.06. The summed E-state index contributed by atoms with van der Waals surface area (Å²) in [5.41, 5.74) is -1.03. The van der Waals surface area contributed by atoms with Crippen molar-refractivity contribution in [2.24, 2.45) is 0 Å². The number of hydrogen-bond acceptors (Lipinski definition) is 2. The molecule has 0 bridgehead atoms. The summed E-state index contributed by atoms with van der Waals surface area (Å²) in [7, 11) is 0. The van der Waals surface area contributed by atoms with E-state index in [1.54, 1.807) is 0 Å². The first-order valence-corrected chi connectivity index (χ1v) is 6.06. The second kappa shape index (κ2) is 8.11. The molecular weight excluding hydrogens is 293 g/mol. The van der Waals surface area contributed by atoms with Crippen LogP contribution >= 0.6 is 12.4 Å². The topological polar surface area (TPSA) is 32.3 Å². The van der Waals surface area contributed by atoms with Crippen molar-refractivity contribution >= 4 is 24.0 Å². The quantitative estimate of drug-likeness (QED) is 0.904. The normalized spacial score (nSPS) is 11.1. The van der Waals surface area contributed by atoms with Crippen molar-refractivity contribution in [3.8, 4) is 0 Å². The van der Waals surface area contributed by atoms with Gasteiger partial charge < -0.3 is 5.32 Å². The molecule has 1 amide bonds. The Hall–Kier alpha value is -1.27. The predicted octanol–water partition coefficient (Wildman–Crippen LogP) is 3.41. The van der Waals surface area contributed by atoms with Gasteiger partial charge in [0.25, 0.3) is 0 Å². The highest BCUT2D eigenvalue weighted by Crippen LogP contribution is 2.34. The molecule has 1 aromatic rings. The van der Waals surface area contributed by atoms with Gasteiger partial charge in [0, 0.05) is 0 Å². The fraction of sp³-hybridized carbons (Fsp3) is 0.462. The maximum Gasteiger partial charge on any atom is 0.418 e. The summed E-state index contributed by atoms with van der Waals surface area (Å²) in [6, 6.07) is 4.96. The molecule has 7 heteroatoms. The van der Waals surface area contributed by atoms with E-state index in [1.807, 2.05) is 18.7 Å². The number of anilines is 1. The van der Waals surface area contributed by atoms with Gasteiger partial charge in [-0.1, -0.05) is 26.0 Å². The monoisotopic (exact) mass is 310 g/mol. The van der Waals surface area contributed by atoms with Crippen molar-refractivity contribution in [1.82, 2.24) is 4.90 Å². The molecule has 0 fully saturated rings. The Morgan fingerprint density at radius 2 is 1.75 bits per heavy atom. The molecule has 114 valence electrons. The van der Waals surface area contributed by atoms with E-state index in [9.17, 15) is 18.0 Å². The van der Waals surface area contributed by atoms with Crippen LogP contribution in [0.4, 0.5) is 18.9 Å². The lowest BCUT2D eigenvalue weighted by Crippen LogP contribution is -2.33. The van der Waals surface area contributed by atoms with Crippen LogP contribution in [0.2, 0.25) is 0 Å². The highest BCUT2D eigenvalue weighted by molar-refractivity contribution is 5.93. The van der Waals surface area contributed by atoms with Gasteiger partial charge in [0.15, 0.2) is 0 Å². The molecule has 0 aliphatic heterocycles. The standard InChI is InChI=1S/C13H17F3N2O.ClH/c1-3-18(4-2)9-12(19)17-11-8-6-5-7-10(11)13(14,15)16;/h5-8H,3-4,9H2,1-2H3,(H,17,19);1H. The first-order chi connectivity index (χ1) is 8.88. The van der Waals surface area contributed by atoms with Crippen LogP contribution in [0.5, 0.6) is 0 Å². The summed E-state index contributed by atoms with van der Waals surface area (Å²) in [5.74, 6) is -0.444. The zero-order chi connectivity index (χ0) is 14.5. The van der Waals surface area contributed by atoms with E-state index in [4.69, 9.17) is 0 Å². The Morgan fingerprint density at radius 3 is 2.25 bits per heavy atom. The van der Waals surface area contributed by atoms with Crippen molar-refractivity contribution in [1.29, 1.82) is 0 Å². The van der Waals surface area contributed by atoms with Crippen molar-refractivity contribution in [3.63, 3.8) is 0 Å². The number of nitrogens with one attached hydrogen (secondary N) is 1. The summed E-state index contributed by atoms with van der Waals surface area (Å²) in [4.78, 5) is 13.5. The van der Waals surface area contributed by atoms with Gasteiger partial charge in [-0.25, -0.2) is 0 Å². The number of amides is 1. The Bertz CT molecular complexity index is 434. The first kappa shape index (κ1) is 18.7. The van der Waals surface area contributed by atoms with Crippen molar-refractivity contribution in [2.75, 3.05) is 25.0 Å². The number of carbonyl (C=O) groups is 1. The number of halogens is 4. The SMILES string of the molecule is CCN(CC)CC(=O)Nc1ccccc1C(F)(F)F.Cl. The lowest BCUT2D eigenvalue weighted by molar-refractivity contribution is -0.137. The van der Waals surface area contributed by atoms with Gasteiger partial charge in [-0.2, -0.15) is 13.2 Å². The zero-order valence-electron chi connectivity index (χ0n) is 11.3. The average Bonchev–Trinajstić information content (AvgIpc) is 2.35. The van der Waals surface area contributed by atoms with E-state index in [1.165, 1.54) is 18.2 Å². The van der Waals surface area contributed by atoms with E-state index in [-0.39, 0.29) is 24.6 Å². The Balaban J connectivity index is 0.00000361. The van der Waals surface area contributed by atoms with Crippen molar-refractivity contribution in [3.05, 3.63) is 29.8 Å². The molecule has 0 atom stereocenters. The Labute approximate surface area is 122 Å². The Morgan fingerprint density at radius 1 is 1.20 bits per heavy atom. The number of carbonyl (C=O) groups excluding carboxylic acids is 1. The molecule has 0 unspecified atom stereocenters. The molecular formula is C13H18ClF3N2O. The number of hydrogen-bond donors (Lipinski definition) is 1. The van der Waals surface area contributed by atoms with Crippen molar-refractivity contribution < 1.29 is 18.0 Å². The van der Waals surface area contributed by atoms with Crippen molar-refractivity contribution in [2.45, 2.75) is 20.0 Å². The number of para-hydroxylation sites is 1. The van der Waals surface area contributed by atoms with Crippen LogP contribution in [-0.2, 0) is 11.0 Å². The number of benzene rings is 1. The molecule has 0 spiro atoms.